The van der Waals surface area contributed by atoms with E-state index in [0.29, 0.717) is 39.6 Å². The zero-order valence-corrected chi connectivity index (χ0v) is 17.4. The lowest BCUT2D eigenvalue weighted by Gasteiger charge is -2.09. The SMILES string of the molecule is COc1cc(-c2cc(C)c3c(O)n(-c4cnn(CC(F)F)c4)c(C)c3n2)cnc1OC. The Hall–Kier alpha value is -3.69. The van der Waals surface area contributed by atoms with E-state index in [4.69, 9.17) is 14.5 Å². The van der Waals surface area contributed by atoms with E-state index in [1.807, 2.05) is 13.0 Å². The maximum absolute atomic E-state index is 12.7. The Balaban J connectivity index is 1.85. The number of pyridine rings is 2. The summed E-state index contributed by atoms with van der Waals surface area (Å²) in [5.74, 6) is 0.819. The molecule has 0 bridgehead atoms. The van der Waals surface area contributed by atoms with Crippen LogP contribution in [0.25, 0.3) is 27.8 Å². The number of aromatic hydroxyl groups is 1. The van der Waals surface area contributed by atoms with Gasteiger partial charge >= 0.3 is 0 Å². The second-order valence-corrected chi connectivity index (χ2v) is 7.04. The summed E-state index contributed by atoms with van der Waals surface area (Å²) in [5.41, 5.74) is 3.88. The minimum atomic E-state index is -2.52. The number of aryl methyl sites for hydroxylation is 2. The highest BCUT2D eigenvalue weighted by Gasteiger charge is 2.21. The summed E-state index contributed by atoms with van der Waals surface area (Å²) >= 11 is 0. The van der Waals surface area contributed by atoms with Gasteiger partial charge in [0, 0.05) is 23.7 Å². The van der Waals surface area contributed by atoms with Crippen molar-refractivity contribution in [2.45, 2.75) is 26.8 Å². The molecule has 0 amide bonds. The Labute approximate surface area is 176 Å². The lowest BCUT2D eigenvalue weighted by atomic mass is 10.1. The van der Waals surface area contributed by atoms with Crippen molar-refractivity contribution in [3.05, 3.63) is 42.0 Å². The van der Waals surface area contributed by atoms with E-state index in [0.717, 1.165) is 15.8 Å². The summed E-state index contributed by atoms with van der Waals surface area (Å²) in [6.45, 7) is 3.15. The Morgan fingerprint density at radius 1 is 1.13 bits per heavy atom. The molecule has 0 unspecified atom stereocenters. The Morgan fingerprint density at radius 3 is 2.58 bits per heavy atom. The first-order valence-corrected chi connectivity index (χ1v) is 9.45. The molecule has 0 aliphatic rings. The van der Waals surface area contributed by atoms with Crippen LogP contribution in [-0.4, -0.2) is 50.1 Å². The van der Waals surface area contributed by atoms with Crippen LogP contribution in [0, 0.1) is 13.8 Å². The summed E-state index contributed by atoms with van der Waals surface area (Å²) in [5, 5.41) is 15.4. The van der Waals surface area contributed by atoms with Gasteiger partial charge in [0.15, 0.2) is 5.75 Å². The fraction of sp³-hybridized carbons (Fsp3) is 0.286. The number of hydrogen-bond donors (Lipinski definition) is 1. The number of rotatable bonds is 6. The summed E-state index contributed by atoms with van der Waals surface area (Å²) in [6, 6.07) is 3.62. The molecule has 0 spiro atoms. The molecule has 1 N–H and O–H groups in total. The predicted octanol–water partition coefficient (Wildman–Crippen LogP) is 3.89. The number of hydrogen-bond acceptors (Lipinski definition) is 6. The van der Waals surface area contributed by atoms with Crippen molar-refractivity contribution in [2.75, 3.05) is 14.2 Å². The predicted molar refractivity (Wildman–Crippen MR) is 110 cm³/mol. The van der Waals surface area contributed by atoms with Crippen LogP contribution in [0.2, 0.25) is 0 Å². The zero-order chi connectivity index (χ0) is 22.3. The van der Waals surface area contributed by atoms with Crippen LogP contribution in [0.5, 0.6) is 17.5 Å². The Kier molecular flexibility index (Phi) is 5.22. The van der Waals surface area contributed by atoms with E-state index in [-0.39, 0.29) is 5.88 Å². The maximum Gasteiger partial charge on any atom is 0.257 e. The monoisotopic (exact) mass is 429 g/mol. The molecule has 8 nitrogen and oxygen atoms in total. The van der Waals surface area contributed by atoms with E-state index in [1.165, 1.54) is 26.6 Å². The molecule has 0 fully saturated rings. The third kappa shape index (κ3) is 3.54. The van der Waals surface area contributed by atoms with Gasteiger partial charge in [0.25, 0.3) is 12.3 Å². The molecule has 0 radical (unpaired) electrons. The molecule has 4 aromatic rings. The number of halogens is 2. The molecule has 0 aliphatic carbocycles. The summed E-state index contributed by atoms with van der Waals surface area (Å²) in [6.07, 6.45) is 2.01. The summed E-state index contributed by atoms with van der Waals surface area (Å²) < 4.78 is 38.5. The molecule has 162 valence electrons. The van der Waals surface area contributed by atoms with E-state index < -0.39 is 13.0 Å². The number of ether oxygens (including phenoxy) is 2. The summed E-state index contributed by atoms with van der Waals surface area (Å²) in [4.78, 5) is 8.99. The van der Waals surface area contributed by atoms with Gasteiger partial charge in [0.2, 0.25) is 5.88 Å². The van der Waals surface area contributed by atoms with Crippen LogP contribution in [0.15, 0.2) is 30.7 Å². The van der Waals surface area contributed by atoms with E-state index in [9.17, 15) is 13.9 Å². The van der Waals surface area contributed by atoms with Crippen LogP contribution in [0.4, 0.5) is 8.78 Å². The van der Waals surface area contributed by atoms with Gasteiger partial charge in [-0.2, -0.15) is 5.10 Å². The average Bonchev–Trinajstić information content (AvgIpc) is 3.28. The highest BCUT2D eigenvalue weighted by Crippen LogP contribution is 2.38. The molecule has 4 aromatic heterocycles. The minimum Gasteiger partial charge on any atom is -0.494 e. The molecule has 10 heteroatoms. The molecule has 0 aromatic carbocycles. The largest absolute Gasteiger partial charge is 0.494 e. The average molecular weight is 429 g/mol. The Bertz CT molecular complexity index is 1270. The van der Waals surface area contributed by atoms with Gasteiger partial charge in [-0.25, -0.2) is 18.7 Å². The van der Waals surface area contributed by atoms with Crippen molar-refractivity contribution in [3.63, 3.8) is 0 Å². The van der Waals surface area contributed by atoms with Crippen LogP contribution >= 0.6 is 0 Å². The number of fused-ring (bicyclic) bond motifs is 1. The highest BCUT2D eigenvalue weighted by molar-refractivity contribution is 5.93. The van der Waals surface area contributed by atoms with Crippen molar-refractivity contribution in [1.29, 1.82) is 0 Å². The number of nitrogens with zero attached hydrogens (tertiary/aromatic N) is 5. The molecular weight excluding hydrogens is 408 g/mol. The lowest BCUT2D eigenvalue weighted by Crippen LogP contribution is -2.06. The van der Waals surface area contributed by atoms with Gasteiger partial charge in [-0.15, -0.1) is 0 Å². The second kappa shape index (κ2) is 7.86. The smallest absolute Gasteiger partial charge is 0.257 e. The van der Waals surface area contributed by atoms with Gasteiger partial charge in [-0.05, 0) is 31.5 Å². The molecule has 4 heterocycles. The van der Waals surface area contributed by atoms with Gasteiger partial charge in [-0.3, -0.25) is 9.25 Å². The molecular formula is C21H21F2N5O3. The fourth-order valence-corrected chi connectivity index (χ4v) is 3.64. The molecule has 0 saturated carbocycles. The van der Waals surface area contributed by atoms with E-state index in [1.54, 1.807) is 23.8 Å². The quantitative estimate of drug-likeness (QED) is 0.500. The molecule has 4 rings (SSSR count). The van der Waals surface area contributed by atoms with Crippen LogP contribution < -0.4 is 9.47 Å². The van der Waals surface area contributed by atoms with Gasteiger partial charge in [0.05, 0.1) is 42.7 Å². The normalized spacial score (nSPS) is 11.5. The van der Waals surface area contributed by atoms with Crippen LogP contribution in [-0.2, 0) is 6.54 Å². The van der Waals surface area contributed by atoms with Crippen molar-refractivity contribution in [1.82, 2.24) is 24.3 Å². The van der Waals surface area contributed by atoms with Crippen molar-refractivity contribution >= 4 is 10.9 Å². The van der Waals surface area contributed by atoms with E-state index >= 15 is 0 Å². The second-order valence-electron chi connectivity index (χ2n) is 7.04. The zero-order valence-electron chi connectivity index (χ0n) is 17.4. The van der Waals surface area contributed by atoms with Crippen molar-refractivity contribution in [3.8, 4) is 34.5 Å². The molecule has 0 atom stereocenters. The van der Waals surface area contributed by atoms with Crippen LogP contribution in [0.1, 0.15) is 11.3 Å². The topological polar surface area (TPSA) is 87.2 Å². The number of aromatic nitrogens is 5. The first-order chi connectivity index (χ1) is 14.8. The first-order valence-electron chi connectivity index (χ1n) is 9.45. The fourth-order valence-electron chi connectivity index (χ4n) is 3.64. The standard InChI is InChI=1S/C21H21F2N5O3/c1-11-5-15(13-6-16(30-3)20(31-4)24-7-13)26-19-12(2)28(21(29)18(11)19)14-8-25-27(9-14)10-17(22)23/h5-9,17,29H,10H2,1-4H3. The minimum absolute atomic E-state index is 0.0221. The number of methoxy groups -OCH3 is 2. The number of alkyl halides is 2. The van der Waals surface area contributed by atoms with E-state index in [2.05, 4.69) is 10.1 Å². The molecule has 0 saturated heterocycles. The third-order valence-corrected chi connectivity index (χ3v) is 5.06. The van der Waals surface area contributed by atoms with Crippen molar-refractivity contribution < 1.29 is 23.4 Å². The van der Waals surface area contributed by atoms with Crippen molar-refractivity contribution in [2.24, 2.45) is 0 Å². The Morgan fingerprint density at radius 2 is 1.90 bits per heavy atom. The maximum atomic E-state index is 12.7. The highest BCUT2D eigenvalue weighted by atomic mass is 19.3. The third-order valence-electron chi connectivity index (χ3n) is 5.06. The van der Waals surface area contributed by atoms with Crippen LogP contribution in [0.3, 0.4) is 0 Å². The van der Waals surface area contributed by atoms with Gasteiger partial charge in [0.1, 0.15) is 6.54 Å². The lowest BCUT2D eigenvalue weighted by molar-refractivity contribution is 0.122. The summed E-state index contributed by atoms with van der Waals surface area (Å²) in [7, 11) is 3.04. The van der Waals surface area contributed by atoms with Gasteiger partial charge in [-0.1, -0.05) is 0 Å². The molecule has 31 heavy (non-hydrogen) atoms. The molecule has 0 aliphatic heterocycles. The van der Waals surface area contributed by atoms with Gasteiger partial charge < -0.3 is 14.6 Å². The first kappa shape index (κ1) is 20.6.